The number of urea groups is 1. The second-order valence-electron chi connectivity index (χ2n) is 17.6. The lowest BCUT2D eigenvalue weighted by atomic mass is 9.64. The summed E-state index contributed by atoms with van der Waals surface area (Å²) in [5.74, 6) is 1.65. The molecule has 9 rings (SSSR count). The molecule has 16 nitrogen and oxygen atoms in total. The predicted molar refractivity (Wildman–Crippen MR) is 249 cm³/mol. The Hall–Kier alpha value is -7.61. The topological polar surface area (TPSA) is 195 Å². The fourth-order valence-corrected chi connectivity index (χ4v) is 10.4. The number of carbonyl (C=O) groups is 5. The summed E-state index contributed by atoms with van der Waals surface area (Å²) in [6.07, 6.45) is 2.49. The molecule has 4 aromatic carbocycles. The smallest absolute Gasteiger partial charge is 0.329 e. The molecule has 348 valence electrons. The van der Waals surface area contributed by atoms with Crippen molar-refractivity contribution in [3.63, 3.8) is 0 Å². The number of amides is 4. The van der Waals surface area contributed by atoms with Crippen molar-refractivity contribution in [1.82, 2.24) is 25.1 Å². The zero-order chi connectivity index (χ0) is 47.7. The average molecular weight is 918 g/mol. The lowest BCUT2D eigenvalue weighted by Crippen LogP contribution is -2.60. The number of nitrogens with zero attached hydrogens (tertiary/aromatic N) is 6. The number of benzene rings is 4. The number of aliphatic hydroxyl groups excluding tert-OH is 1. The predicted octanol–water partition coefficient (Wildman–Crippen LogP) is 4.84. The summed E-state index contributed by atoms with van der Waals surface area (Å²) >= 11 is 0. The lowest BCUT2D eigenvalue weighted by molar-refractivity contribution is -0.179. The van der Waals surface area contributed by atoms with Gasteiger partial charge in [-0.2, -0.15) is 0 Å². The first-order valence-electron chi connectivity index (χ1n) is 22.6. The van der Waals surface area contributed by atoms with E-state index in [1.807, 2.05) is 70.5 Å². The Labute approximate surface area is 393 Å². The van der Waals surface area contributed by atoms with Crippen LogP contribution in [0.3, 0.4) is 0 Å². The van der Waals surface area contributed by atoms with E-state index in [0.29, 0.717) is 35.7 Å². The second kappa shape index (κ2) is 18.9. The first-order chi connectivity index (χ1) is 33.0. The van der Waals surface area contributed by atoms with Gasteiger partial charge in [0.15, 0.2) is 0 Å². The van der Waals surface area contributed by atoms with Crippen LogP contribution in [-0.4, -0.2) is 112 Å². The molecule has 0 saturated carbocycles. The van der Waals surface area contributed by atoms with Crippen molar-refractivity contribution in [2.24, 2.45) is 11.8 Å². The number of cyclic esters (lactones) is 1. The van der Waals surface area contributed by atoms with E-state index in [0.717, 1.165) is 10.5 Å². The molecule has 7 atom stereocenters. The maximum atomic E-state index is 16.6. The van der Waals surface area contributed by atoms with Crippen LogP contribution in [0.2, 0.25) is 0 Å². The standard InChI is InChI=1S/C52H51N7O9/c1-32(2)41(47(63)67-3)55-51(66)58-39-23-18-33(13-10-11-30-60)31-38(39)52(49(58)65)40(46(62)56-26-28-57(29-27-56)50-53-24-12-25-54-50)43-48(64)68-44(35-16-8-5-9-17-35)42(34-14-6-4-7-15-34)59(43)45(52)36-19-21-37(61)22-20-36/h4-9,12,14-25,31-32,40-45,60-61H,11,26-30H2,1-3H3,(H,55,66). The van der Waals surface area contributed by atoms with E-state index < -0.39 is 77.3 Å². The van der Waals surface area contributed by atoms with E-state index in [9.17, 15) is 15.0 Å². The third-order valence-corrected chi connectivity index (χ3v) is 13.4. The molecule has 3 fully saturated rings. The summed E-state index contributed by atoms with van der Waals surface area (Å²) in [4.78, 5) is 91.7. The number of imide groups is 1. The number of anilines is 2. The van der Waals surface area contributed by atoms with Gasteiger partial charge >= 0.3 is 18.0 Å². The van der Waals surface area contributed by atoms with Crippen molar-refractivity contribution in [2.75, 3.05) is 49.7 Å². The Morgan fingerprint density at radius 2 is 1.51 bits per heavy atom. The minimum atomic E-state index is -2.09. The van der Waals surface area contributed by atoms with E-state index in [1.54, 1.807) is 67.5 Å². The molecule has 0 aliphatic carbocycles. The molecule has 4 aliphatic heterocycles. The van der Waals surface area contributed by atoms with E-state index >= 15 is 19.2 Å². The number of rotatable bonds is 9. The number of carbonyl (C=O) groups excluding carboxylic acids is 5. The zero-order valence-corrected chi connectivity index (χ0v) is 37.8. The fraction of sp³-hybridized carbons (Fsp3) is 0.327. The summed E-state index contributed by atoms with van der Waals surface area (Å²) in [7, 11) is 1.21. The first kappa shape index (κ1) is 45.5. The molecule has 0 bridgehead atoms. The Balaban J connectivity index is 1.32. The molecule has 68 heavy (non-hydrogen) atoms. The van der Waals surface area contributed by atoms with Crippen molar-refractivity contribution in [1.29, 1.82) is 0 Å². The summed E-state index contributed by atoms with van der Waals surface area (Å²) in [5.41, 5.74) is 0.547. The SMILES string of the molecule is COC(=O)C(NC(=O)N1C(=O)C2(c3cc(C#CCCO)ccc31)C(C(=O)N1CCN(c3ncccn3)CC1)C1C(=O)OC(c3ccccc3)C(c3ccccc3)N1C2c1ccc(O)cc1)C(C)C. The highest BCUT2D eigenvalue weighted by Crippen LogP contribution is 2.66. The van der Waals surface area contributed by atoms with Crippen molar-refractivity contribution >= 4 is 41.4 Å². The summed E-state index contributed by atoms with van der Waals surface area (Å²) in [5, 5.41) is 23.2. The summed E-state index contributed by atoms with van der Waals surface area (Å²) in [6.45, 7) is 4.30. The Morgan fingerprint density at radius 3 is 2.15 bits per heavy atom. The molecule has 7 unspecified atom stereocenters. The van der Waals surface area contributed by atoms with Gasteiger partial charge in [-0.1, -0.05) is 98.5 Å². The van der Waals surface area contributed by atoms with Gasteiger partial charge in [0, 0.05) is 50.6 Å². The van der Waals surface area contributed by atoms with Gasteiger partial charge < -0.3 is 34.8 Å². The number of phenols is 1. The van der Waals surface area contributed by atoms with Gasteiger partial charge in [-0.3, -0.25) is 19.3 Å². The van der Waals surface area contributed by atoms with Gasteiger partial charge in [-0.15, -0.1) is 0 Å². The highest BCUT2D eigenvalue weighted by molar-refractivity contribution is 6.25. The highest BCUT2D eigenvalue weighted by Gasteiger charge is 2.76. The second-order valence-corrected chi connectivity index (χ2v) is 17.6. The van der Waals surface area contributed by atoms with Crippen LogP contribution in [0.5, 0.6) is 5.75 Å². The Morgan fingerprint density at radius 1 is 0.853 bits per heavy atom. The highest BCUT2D eigenvalue weighted by atomic mass is 16.6. The molecule has 1 aromatic heterocycles. The third-order valence-electron chi connectivity index (χ3n) is 13.4. The quantitative estimate of drug-likeness (QED) is 0.135. The average Bonchev–Trinajstić information content (AvgIpc) is 3.82. The number of aromatic hydroxyl groups is 1. The lowest BCUT2D eigenvalue weighted by Gasteiger charge is -2.46. The number of morpholine rings is 1. The van der Waals surface area contributed by atoms with Crippen molar-refractivity contribution in [3.8, 4) is 17.6 Å². The molecule has 16 heteroatoms. The van der Waals surface area contributed by atoms with Crippen LogP contribution in [0.1, 0.15) is 66.3 Å². The van der Waals surface area contributed by atoms with E-state index in [1.165, 1.54) is 19.2 Å². The van der Waals surface area contributed by atoms with Gasteiger partial charge in [0.2, 0.25) is 17.8 Å². The first-order valence-corrected chi connectivity index (χ1v) is 22.6. The van der Waals surface area contributed by atoms with Crippen molar-refractivity contribution < 1.29 is 43.7 Å². The minimum Gasteiger partial charge on any atom is -0.508 e. The van der Waals surface area contributed by atoms with Crippen LogP contribution < -0.4 is 15.1 Å². The normalized spacial score (nSPS) is 23.6. The number of aliphatic hydroxyl groups is 1. The van der Waals surface area contributed by atoms with E-state index in [4.69, 9.17) is 9.47 Å². The van der Waals surface area contributed by atoms with Crippen LogP contribution in [-0.2, 0) is 34.1 Å². The van der Waals surface area contributed by atoms with E-state index in [-0.39, 0.29) is 43.1 Å². The number of ether oxygens (including phenoxy) is 2. The van der Waals surface area contributed by atoms with Crippen LogP contribution in [0.4, 0.5) is 16.4 Å². The van der Waals surface area contributed by atoms with Crippen molar-refractivity contribution in [2.45, 2.75) is 56.0 Å². The Bertz CT molecular complexity index is 2760. The maximum Gasteiger partial charge on any atom is 0.329 e. The summed E-state index contributed by atoms with van der Waals surface area (Å²) < 4.78 is 11.7. The number of phenolic OH excluding ortho intramolecular Hbond substituents is 1. The number of fused-ring (bicyclic) bond motifs is 3. The molecule has 4 aliphatic rings. The Kier molecular flexibility index (Phi) is 12.7. The monoisotopic (exact) mass is 917 g/mol. The van der Waals surface area contributed by atoms with E-state index in [2.05, 4.69) is 27.1 Å². The largest absolute Gasteiger partial charge is 0.508 e. The molecule has 5 aromatic rings. The van der Waals surface area contributed by atoms with Crippen molar-refractivity contribution in [3.05, 3.63) is 149 Å². The molecule has 3 N–H and O–H groups in total. The molecule has 5 heterocycles. The van der Waals surface area contributed by atoms with Gasteiger partial charge in [0.25, 0.3) is 0 Å². The molecule has 3 saturated heterocycles. The minimum absolute atomic E-state index is 0.0619. The number of methoxy groups -OCH3 is 1. The third kappa shape index (κ3) is 7.86. The van der Waals surface area contributed by atoms with Gasteiger partial charge in [-0.25, -0.2) is 24.5 Å². The number of aromatic nitrogens is 2. The zero-order valence-electron chi connectivity index (χ0n) is 37.8. The van der Waals surface area contributed by atoms with Crippen LogP contribution in [0.15, 0.2) is 122 Å². The number of hydrogen-bond acceptors (Lipinski definition) is 13. The molecule has 4 amide bonds. The number of nitrogens with one attached hydrogen (secondary N) is 1. The fourth-order valence-electron chi connectivity index (χ4n) is 10.4. The van der Waals surface area contributed by atoms with Gasteiger partial charge in [0.05, 0.1) is 37.4 Å². The summed E-state index contributed by atoms with van der Waals surface area (Å²) in [6, 6.07) is 26.1. The van der Waals surface area contributed by atoms with Gasteiger partial charge in [0.1, 0.15) is 29.4 Å². The van der Waals surface area contributed by atoms with Gasteiger partial charge in [-0.05, 0) is 64.6 Å². The van der Waals surface area contributed by atoms with Crippen LogP contribution in [0, 0.1) is 23.7 Å². The van der Waals surface area contributed by atoms with Crippen LogP contribution in [0.25, 0.3) is 0 Å². The number of esters is 2. The molecular weight excluding hydrogens is 867 g/mol. The molecule has 0 radical (unpaired) electrons. The maximum absolute atomic E-state index is 16.6. The molecule has 1 spiro atoms. The number of hydrogen-bond donors (Lipinski definition) is 3. The molecular formula is C52H51N7O9. The number of piperazine rings is 1. The van der Waals surface area contributed by atoms with Crippen LogP contribution >= 0.6 is 0 Å².